The molecule has 1 aromatic carbocycles. The highest BCUT2D eigenvalue weighted by Crippen LogP contribution is 2.20. The van der Waals surface area contributed by atoms with Crippen molar-refractivity contribution >= 4 is 17.5 Å². The molecule has 1 fully saturated rings. The van der Waals surface area contributed by atoms with Crippen LogP contribution in [0.1, 0.15) is 55.5 Å². The van der Waals surface area contributed by atoms with E-state index in [2.05, 4.69) is 5.32 Å². The average Bonchev–Trinajstić information content (AvgIpc) is 2.56. The summed E-state index contributed by atoms with van der Waals surface area (Å²) in [6.45, 7) is 6.59. The van der Waals surface area contributed by atoms with Gasteiger partial charge in [0.25, 0.3) is 5.91 Å². The van der Waals surface area contributed by atoms with Crippen LogP contribution in [0.2, 0.25) is 0 Å². The van der Waals surface area contributed by atoms with Crippen LogP contribution in [0.15, 0.2) is 18.2 Å². The molecule has 132 valence electrons. The minimum absolute atomic E-state index is 0.0115. The number of carbonyl (C=O) groups excluding carboxylic acids is 2. The smallest absolute Gasteiger partial charge is 0.254 e. The predicted molar refractivity (Wildman–Crippen MR) is 95.2 cm³/mol. The van der Waals surface area contributed by atoms with E-state index in [0.29, 0.717) is 17.7 Å². The molecule has 0 aromatic heterocycles. The van der Waals surface area contributed by atoms with Crippen molar-refractivity contribution in [1.82, 2.24) is 4.90 Å². The molecule has 2 amide bonds. The second-order valence-electron chi connectivity index (χ2n) is 6.78. The third-order valence-corrected chi connectivity index (χ3v) is 4.53. The van der Waals surface area contributed by atoms with Gasteiger partial charge in [-0.1, -0.05) is 6.07 Å². The quantitative estimate of drug-likeness (QED) is 0.899. The summed E-state index contributed by atoms with van der Waals surface area (Å²) in [6, 6.07) is 5.59. The van der Waals surface area contributed by atoms with Gasteiger partial charge < -0.3 is 15.0 Å². The SMILES string of the molecule is Cc1ccc(NC(=O)C[C@H]2CCCCO2)cc1C(=O)N(C)C(C)C. The van der Waals surface area contributed by atoms with E-state index in [1.54, 1.807) is 18.0 Å². The van der Waals surface area contributed by atoms with E-state index in [1.165, 1.54) is 0 Å². The van der Waals surface area contributed by atoms with E-state index in [4.69, 9.17) is 4.74 Å². The Morgan fingerprint density at radius 3 is 2.71 bits per heavy atom. The molecule has 0 radical (unpaired) electrons. The van der Waals surface area contributed by atoms with Crippen LogP contribution in [0.25, 0.3) is 0 Å². The summed E-state index contributed by atoms with van der Waals surface area (Å²) in [5.41, 5.74) is 2.18. The van der Waals surface area contributed by atoms with Gasteiger partial charge >= 0.3 is 0 Å². The van der Waals surface area contributed by atoms with Gasteiger partial charge in [0.15, 0.2) is 0 Å². The highest BCUT2D eigenvalue weighted by molar-refractivity contribution is 5.98. The second kappa shape index (κ2) is 8.29. The molecule has 1 saturated heterocycles. The minimum atomic E-state index is -0.0682. The van der Waals surface area contributed by atoms with Crippen molar-refractivity contribution in [3.8, 4) is 0 Å². The minimum Gasteiger partial charge on any atom is -0.378 e. The lowest BCUT2D eigenvalue weighted by molar-refractivity contribution is -0.119. The summed E-state index contributed by atoms with van der Waals surface area (Å²) >= 11 is 0. The average molecular weight is 332 g/mol. The molecule has 0 spiro atoms. The van der Waals surface area contributed by atoms with Gasteiger partial charge in [-0.3, -0.25) is 9.59 Å². The first kappa shape index (κ1) is 18.5. The van der Waals surface area contributed by atoms with Crippen LogP contribution >= 0.6 is 0 Å². The Balaban J connectivity index is 2.04. The van der Waals surface area contributed by atoms with Gasteiger partial charge in [-0.15, -0.1) is 0 Å². The molecule has 1 aliphatic rings. The fraction of sp³-hybridized carbons (Fsp3) is 0.579. The van der Waals surface area contributed by atoms with Crippen molar-refractivity contribution < 1.29 is 14.3 Å². The first-order valence-electron chi connectivity index (χ1n) is 8.67. The number of ether oxygens (including phenoxy) is 1. The number of nitrogens with zero attached hydrogens (tertiary/aromatic N) is 1. The Labute approximate surface area is 144 Å². The Hall–Kier alpha value is -1.88. The first-order chi connectivity index (χ1) is 11.4. The number of hydrogen-bond acceptors (Lipinski definition) is 3. The molecule has 1 aromatic rings. The Bertz CT molecular complexity index is 592. The normalized spacial score (nSPS) is 17.6. The Morgan fingerprint density at radius 1 is 1.33 bits per heavy atom. The summed E-state index contributed by atoms with van der Waals surface area (Å²) in [5.74, 6) is -0.101. The van der Waals surface area contributed by atoms with Gasteiger partial charge in [-0.25, -0.2) is 0 Å². The third kappa shape index (κ3) is 4.81. The second-order valence-corrected chi connectivity index (χ2v) is 6.78. The molecule has 1 heterocycles. The van der Waals surface area contributed by atoms with E-state index >= 15 is 0 Å². The molecule has 1 atom stereocenters. The maximum Gasteiger partial charge on any atom is 0.254 e. The Kier molecular flexibility index (Phi) is 6.37. The summed E-state index contributed by atoms with van der Waals surface area (Å²) < 4.78 is 5.60. The highest BCUT2D eigenvalue weighted by atomic mass is 16.5. The van der Waals surface area contributed by atoms with Crippen molar-refractivity contribution in [2.75, 3.05) is 19.0 Å². The number of aryl methyl sites for hydroxylation is 1. The van der Waals surface area contributed by atoms with Crippen LogP contribution in [-0.2, 0) is 9.53 Å². The highest BCUT2D eigenvalue weighted by Gasteiger charge is 2.19. The van der Waals surface area contributed by atoms with Gasteiger partial charge in [0, 0.05) is 30.9 Å². The molecule has 1 aliphatic heterocycles. The maximum absolute atomic E-state index is 12.6. The summed E-state index contributed by atoms with van der Waals surface area (Å²) in [7, 11) is 1.79. The number of carbonyl (C=O) groups is 2. The largest absolute Gasteiger partial charge is 0.378 e. The molecule has 0 bridgehead atoms. The van der Waals surface area contributed by atoms with Crippen LogP contribution in [-0.4, -0.2) is 42.5 Å². The molecule has 2 rings (SSSR count). The van der Waals surface area contributed by atoms with Crippen molar-refractivity contribution in [2.45, 2.75) is 58.6 Å². The Morgan fingerprint density at radius 2 is 2.08 bits per heavy atom. The lowest BCUT2D eigenvalue weighted by atomic mass is 10.0. The van der Waals surface area contributed by atoms with Crippen LogP contribution in [0.4, 0.5) is 5.69 Å². The zero-order chi connectivity index (χ0) is 17.7. The van der Waals surface area contributed by atoms with E-state index in [-0.39, 0.29) is 24.0 Å². The zero-order valence-corrected chi connectivity index (χ0v) is 15.1. The van der Waals surface area contributed by atoms with Crippen LogP contribution < -0.4 is 5.32 Å². The first-order valence-corrected chi connectivity index (χ1v) is 8.67. The number of benzene rings is 1. The molecule has 24 heavy (non-hydrogen) atoms. The van der Waals surface area contributed by atoms with Gasteiger partial charge in [-0.05, 0) is 57.7 Å². The van der Waals surface area contributed by atoms with Gasteiger partial charge in [-0.2, -0.15) is 0 Å². The number of nitrogens with one attached hydrogen (secondary N) is 1. The molecular formula is C19H28N2O3. The lowest BCUT2D eigenvalue weighted by Crippen LogP contribution is -2.33. The van der Waals surface area contributed by atoms with E-state index in [0.717, 1.165) is 31.4 Å². The van der Waals surface area contributed by atoms with Gasteiger partial charge in [0.05, 0.1) is 12.5 Å². The van der Waals surface area contributed by atoms with Crippen LogP contribution in [0.3, 0.4) is 0 Å². The van der Waals surface area contributed by atoms with Gasteiger partial charge in [0.2, 0.25) is 5.91 Å². The van der Waals surface area contributed by atoms with Gasteiger partial charge in [0.1, 0.15) is 0 Å². The summed E-state index contributed by atoms with van der Waals surface area (Å²) in [6.07, 6.45) is 3.50. The number of anilines is 1. The molecule has 5 heteroatoms. The standard InChI is InChI=1S/C19H28N2O3/c1-13(2)21(4)19(23)17-11-15(9-8-14(17)3)20-18(22)12-16-7-5-6-10-24-16/h8-9,11,13,16H,5-7,10,12H2,1-4H3,(H,20,22)/t16-/m1/s1. The molecular weight excluding hydrogens is 304 g/mol. The van der Waals surface area contributed by atoms with Crippen molar-refractivity contribution in [3.05, 3.63) is 29.3 Å². The number of rotatable bonds is 5. The van der Waals surface area contributed by atoms with E-state index in [9.17, 15) is 9.59 Å². The fourth-order valence-electron chi connectivity index (χ4n) is 2.74. The summed E-state index contributed by atoms with van der Waals surface area (Å²) in [4.78, 5) is 26.5. The third-order valence-electron chi connectivity index (χ3n) is 4.53. The van der Waals surface area contributed by atoms with E-state index < -0.39 is 0 Å². The monoisotopic (exact) mass is 332 g/mol. The van der Waals surface area contributed by atoms with E-state index in [1.807, 2.05) is 32.9 Å². The molecule has 5 nitrogen and oxygen atoms in total. The molecule has 0 saturated carbocycles. The lowest BCUT2D eigenvalue weighted by Gasteiger charge is -2.23. The van der Waals surface area contributed by atoms with Crippen LogP contribution in [0, 0.1) is 6.92 Å². The zero-order valence-electron chi connectivity index (χ0n) is 15.1. The number of amides is 2. The van der Waals surface area contributed by atoms with Crippen molar-refractivity contribution in [3.63, 3.8) is 0 Å². The number of hydrogen-bond donors (Lipinski definition) is 1. The van der Waals surface area contributed by atoms with Crippen molar-refractivity contribution in [2.24, 2.45) is 0 Å². The summed E-state index contributed by atoms with van der Waals surface area (Å²) in [5, 5.41) is 2.89. The molecule has 0 aliphatic carbocycles. The maximum atomic E-state index is 12.6. The fourth-order valence-corrected chi connectivity index (χ4v) is 2.74. The van der Waals surface area contributed by atoms with Crippen LogP contribution in [0.5, 0.6) is 0 Å². The molecule has 1 N–H and O–H groups in total. The topological polar surface area (TPSA) is 58.6 Å². The predicted octanol–water partition coefficient (Wildman–Crippen LogP) is 3.37. The molecule has 0 unspecified atom stereocenters. The van der Waals surface area contributed by atoms with Crippen molar-refractivity contribution in [1.29, 1.82) is 0 Å².